The zero-order chi connectivity index (χ0) is 15.4. The molecule has 1 atom stereocenters. The highest BCUT2D eigenvalue weighted by molar-refractivity contribution is 7.98. The van der Waals surface area contributed by atoms with Crippen molar-refractivity contribution in [2.24, 2.45) is 0 Å². The van der Waals surface area contributed by atoms with Crippen LogP contribution < -0.4 is 0 Å². The molecule has 0 radical (unpaired) electrons. The van der Waals surface area contributed by atoms with Gasteiger partial charge in [0, 0.05) is 25.6 Å². The topological polar surface area (TPSA) is 34.0 Å². The molecule has 2 heterocycles. The SMILES string of the molecule is CCn1c(SC)nnc1[C@@H]1CCCN(Cc2ccccc2)C1. The van der Waals surface area contributed by atoms with Gasteiger partial charge in [-0.15, -0.1) is 10.2 Å². The second kappa shape index (κ2) is 7.29. The van der Waals surface area contributed by atoms with Crippen LogP contribution in [0.25, 0.3) is 0 Å². The molecule has 1 aromatic carbocycles. The van der Waals surface area contributed by atoms with Crippen molar-refractivity contribution in [3.05, 3.63) is 41.7 Å². The number of piperidine rings is 1. The van der Waals surface area contributed by atoms with E-state index in [9.17, 15) is 0 Å². The first-order valence-electron chi connectivity index (χ1n) is 8.05. The van der Waals surface area contributed by atoms with Gasteiger partial charge < -0.3 is 4.57 Å². The van der Waals surface area contributed by atoms with Gasteiger partial charge in [-0.05, 0) is 38.1 Å². The molecule has 5 heteroatoms. The Morgan fingerprint density at radius 2 is 2.05 bits per heavy atom. The number of rotatable bonds is 5. The first-order chi connectivity index (χ1) is 10.8. The summed E-state index contributed by atoms with van der Waals surface area (Å²) in [6, 6.07) is 10.7. The van der Waals surface area contributed by atoms with Crippen LogP contribution in [0.4, 0.5) is 0 Å². The molecule has 1 aromatic heterocycles. The Hall–Kier alpha value is -1.33. The molecule has 0 N–H and O–H groups in total. The maximum atomic E-state index is 4.49. The highest BCUT2D eigenvalue weighted by Gasteiger charge is 2.26. The molecule has 1 aliphatic heterocycles. The number of likely N-dealkylation sites (tertiary alicyclic amines) is 1. The maximum absolute atomic E-state index is 4.49. The van der Waals surface area contributed by atoms with Gasteiger partial charge in [-0.25, -0.2) is 0 Å². The first kappa shape index (κ1) is 15.6. The molecule has 0 bridgehead atoms. The van der Waals surface area contributed by atoms with Gasteiger partial charge in [-0.3, -0.25) is 4.90 Å². The van der Waals surface area contributed by atoms with E-state index in [4.69, 9.17) is 0 Å². The second-order valence-corrected chi connectivity index (χ2v) is 6.62. The summed E-state index contributed by atoms with van der Waals surface area (Å²) in [5.41, 5.74) is 1.39. The van der Waals surface area contributed by atoms with Gasteiger partial charge in [0.25, 0.3) is 0 Å². The van der Waals surface area contributed by atoms with Gasteiger partial charge in [0.15, 0.2) is 5.16 Å². The van der Waals surface area contributed by atoms with Crippen molar-refractivity contribution in [2.45, 2.75) is 43.9 Å². The molecule has 118 valence electrons. The van der Waals surface area contributed by atoms with E-state index >= 15 is 0 Å². The average Bonchev–Trinajstić information content (AvgIpc) is 2.99. The summed E-state index contributed by atoms with van der Waals surface area (Å²) in [6.45, 7) is 6.43. The fraction of sp³-hybridized carbons (Fsp3) is 0.529. The van der Waals surface area contributed by atoms with Crippen LogP contribution in [0.1, 0.15) is 37.1 Å². The Kier molecular flexibility index (Phi) is 5.16. The van der Waals surface area contributed by atoms with Crippen molar-refractivity contribution in [2.75, 3.05) is 19.3 Å². The van der Waals surface area contributed by atoms with Gasteiger partial charge in [0.05, 0.1) is 0 Å². The zero-order valence-electron chi connectivity index (χ0n) is 13.4. The predicted molar refractivity (Wildman–Crippen MR) is 91.2 cm³/mol. The Morgan fingerprint density at radius 1 is 1.23 bits per heavy atom. The Morgan fingerprint density at radius 3 is 2.77 bits per heavy atom. The third kappa shape index (κ3) is 3.36. The lowest BCUT2D eigenvalue weighted by Gasteiger charge is -2.32. The van der Waals surface area contributed by atoms with Crippen LogP contribution in [0.3, 0.4) is 0 Å². The average molecular weight is 316 g/mol. The van der Waals surface area contributed by atoms with E-state index in [2.05, 4.69) is 63.2 Å². The fourth-order valence-electron chi connectivity index (χ4n) is 3.30. The van der Waals surface area contributed by atoms with Gasteiger partial charge in [0.1, 0.15) is 5.82 Å². The highest BCUT2D eigenvalue weighted by atomic mass is 32.2. The summed E-state index contributed by atoms with van der Waals surface area (Å²) in [7, 11) is 0. The largest absolute Gasteiger partial charge is 0.306 e. The lowest BCUT2D eigenvalue weighted by atomic mass is 9.96. The minimum atomic E-state index is 0.505. The first-order valence-corrected chi connectivity index (χ1v) is 9.27. The quantitative estimate of drug-likeness (QED) is 0.792. The molecule has 0 amide bonds. The smallest absolute Gasteiger partial charge is 0.190 e. The molecule has 0 aliphatic carbocycles. The number of hydrogen-bond donors (Lipinski definition) is 0. The molecule has 0 spiro atoms. The fourth-order valence-corrected chi connectivity index (χ4v) is 3.87. The molecule has 3 rings (SSSR count). The Balaban J connectivity index is 1.72. The number of aromatic nitrogens is 3. The highest BCUT2D eigenvalue weighted by Crippen LogP contribution is 2.28. The van der Waals surface area contributed by atoms with Crippen molar-refractivity contribution in [3.63, 3.8) is 0 Å². The van der Waals surface area contributed by atoms with E-state index in [0.29, 0.717) is 5.92 Å². The zero-order valence-corrected chi connectivity index (χ0v) is 14.2. The Bertz CT molecular complexity index is 596. The van der Waals surface area contributed by atoms with Crippen molar-refractivity contribution in [1.29, 1.82) is 0 Å². The number of nitrogens with zero attached hydrogens (tertiary/aromatic N) is 4. The van der Waals surface area contributed by atoms with Crippen LogP contribution in [0.2, 0.25) is 0 Å². The standard InChI is InChI=1S/C17H24N4S/c1-3-21-16(18-19-17(21)22-2)15-10-7-11-20(13-15)12-14-8-5-4-6-9-14/h4-6,8-9,15H,3,7,10-13H2,1-2H3/t15-/m1/s1. The van der Waals surface area contributed by atoms with Gasteiger partial charge in [-0.2, -0.15) is 0 Å². The molecular formula is C17H24N4S. The number of hydrogen-bond acceptors (Lipinski definition) is 4. The lowest BCUT2D eigenvalue weighted by molar-refractivity contribution is 0.194. The predicted octanol–water partition coefficient (Wildman–Crippen LogP) is 3.40. The molecule has 1 saturated heterocycles. The molecule has 4 nitrogen and oxygen atoms in total. The minimum Gasteiger partial charge on any atom is -0.306 e. The molecule has 0 unspecified atom stereocenters. The van der Waals surface area contributed by atoms with Crippen LogP contribution >= 0.6 is 11.8 Å². The molecule has 22 heavy (non-hydrogen) atoms. The third-order valence-electron chi connectivity index (χ3n) is 4.36. The van der Waals surface area contributed by atoms with Crippen LogP contribution in [0.5, 0.6) is 0 Å². The van der Waals surface area contributed by atoms with Crippen molar-refractivity contribution < 1.29 is 0 Å². The van der Waals surface area contributed by atoms with Crippen LogP contribution in [0, 0.1) is 0 Å². The summed E-state index contributed by atoms with van der Waals surface area (Å²) in [5.74, 6) is 1.68. The molecule has 1 aliphatic rings. The summed E-state index contributed by atoms with van der Waals surface area (Å²) in [6.07, 6.45) is 4.53. The number of thioether (sulfide) groups is 1. The molecule has 0 saturated carbocycles. The summed E-state index contributed by atoms with van der Waals surface area (Å²) < 4.78 is 2.28. The monoisotopic (exact) mass is 316 g/mol. The van der Waals surface area contributed by atoms with E-state index < -0.39 is 0 Å². The van der Waals surface area contributed by atoms with E-state index in [0.717, 1.165) is 24.8 Å². The summed E-state index contributed by atoms with van der Waals surface area (Å²) in [4.78, 5) is 2.55. The van der Waals surface area contributed by atoms with Crippen molar-refractivity contribution >= 4 is 11.8 Å². The van der Waals surface area contributed by atoms with Gasteiger partial charge >= 0.3 is 0 Å². The van der Waals surface area contributed by atoms with E-state index in [1.54, 1.807) is 11.8 Å². The third-order valence-corrected chi connectivity index (χ3v) is 5.03. The maximum Gasteiger partial charge on any atom is 0.190 e. The normalized spacial score (nSPS) is 19.5. The summed E-state index contributed by atoms with van der Waals surface area (Å²) >= 11 is 1.68. The molecular weight excluding hydrogens is 292 g/mol. The van der Waals surface area contributed by atoms with Crippen molar-refractivity contribution in [1.82, 2.24) is 19.7 Å². The lowest BCUT2D eigenvalue weighted by Crippen LogP contribution is -2.35. The van der Waals surface area contributed by atoms with Gasteiger partial charge in [-0.1, -0.05) is 42.1 Å². The van der Waals surface area contributed by atoms with E-state index in [-0.39, 0.29) is 0 Å². The van der Waals surface area contributed by atoms with Crippen LogP contribution in [-0.2, 0) is 13.1 Å². The van der Waals surface area contributed by atoms with E-state index in [1.165, 1.54) is 30.8 Å². The summed E-state index contributed by atoms with van der Waals surface area (Å²) in [5, 5.41) is 9.88. The van der Waals surface area contributed by atoms with Crippen molar-refractivity contribution in [3.8, 4) is 0 Å². The van der Waals surface area contributed by atoms with Crippen LogP contribution in [0.15, 0.2) is 35.5 Å². The van der Waals surface area contributed by atoms with Gasteiger partial charge in [0.2, 0.25) is 0 Å². The number of benzene rings is 1. The van der Waals surface area contributed by atoms with E-state index in [1.807, 2.05) is 0 Å². The molecule has 2 aromatic rings. The second-order valence-electron chi connectivity index (χ2n) is 5.85. The Labute approximate surface area is 136 Å². The van der Waals surface area contributed by atoms with Crippen LogP contribution in [-0.4, -0.2) is 39.0 Å². The minimum absolute atomic E-state index is 0.505. The molecule has 1 fully saturated rings.